The van der Waals surface area contributed by atoms with Crippen LogP contribution in [0, 0.1) is 0 Å². The molecule has 0 saturated carbocycles. The summed E-state index contributed by atoms with van der Waals surface area (Å²) in [7, 11) is 1.47. The Morgan fingerprint density at radius 3 is 2.79 bits per heavy atom. The molecule has 0 aliphatic heterocycles. The van der Waals surface area contributed by atoms with Gasteiger partial charge in [-0.25, -0.2) is 0 Å². The molecule has 1 amide bonds. The van der Waals surface area contributed by atoms with Crippen molar-refractivity contribution in [1.82, 2.24) is 0 Å². The van der Waals surface area contributed by atoms with Crippen LogP contribution in [0.15, 0.2) is 18.2 Å². The van der Waals surface area contributed by atoms with Crippen LogP contribution in [-0.2, 0) is 4.79 Å². The van der Waals surface area contributed by atoms with Gasteiger partial charge in [0.15, 0.2) is 18.1 Å². The number of hydrogen-bond acceptors (Lipinski definition) is 6. The third kappa shape index (κ3) is 5.02. The first-order valence-electron chi connectivity index (χ1n) is 5.68. The lowest BCUT2D eigenvalue weighted by Gasteiger charge is -2.13. The summed E-state index contributed by atoms with van der Waals surface area (Å²) in [4.78, 5) is 10.6. The van der Waals surface area contributed by atoms with E-state index >= 15 is 0 Å². The second kappa shape index (κ2) is 7.45. The number of carbonyl (C=O) groups excluding carboxylic acids is 1. The molecule has 0 saturated heterocycles. The van der Waals surface area contributed by atoms with Crippen molar-refractivity contribution < 1.29 is 24.5 Å². The Kier molecular flexibility index (Phi) is 5.91. The number of benzene rings is 1. The summed E-state index contributed by atoms with van der Waals surface area (Å²) in [5.74, 6) is 0.259. The Labute approximate surface area is 110 Å². The van der Waals surface area contributed by atoms with E-state index in [0.29, 0.717) is 17.2 Å². The van der Waals surface area contributed by atoms with Crippen molar-refractivity contribution in [2.24, 2.45) is 5.73 Å². The quantitative estimate of drug-likeness (QED) is 0.498. The van der Waals surface area contributed by atoms with E-state index in [4.69, 9.17) is 20.3 Å². The molecule has 106 valence electrons. The minimum absolute atomic E-state index is 0.209. The van der Waals surface area contributed by atoms with E-state index in [9.17, 15) is 9.90 Å². The summed E-state index contributed by atoms with van der Waals surface area (Å²) in [5.41, 5.74) is 5.68. The first-order chi connectivity index (χ1) is 9.06. The molecule has 0 bridgehead atoms. The monoisotopic (exact) mass is 270 g/mol. The topological polar surface area (TPSA) is 114 Å². The number of aliphatic hydroxyl groups is 2. The molecule has 0 fully saturated rings. The molecule has 1 unspecified atom stereocenters. The van der Waals surface area contributed by atoms with Crippen molar-refractivity contribution >= 4 is 11.6 Å². The van der Waals surface area contributed by atoms with Crippen molar-refractivity contribution in [3.8, 4) is 11.5 Å². The fourth-order valence-electron chi connectivity index (χ4n) is 1.35. The van der Waals surface area contributed by atoms with Crippen LogP contribution in [0.3, 0.4) is 0 Å². The van der Waals surface area contributed by atoms with Gasteiger partial charge in [-0.2, -0.15) is 0 Å². The van der Waals surface area contributed by atoms with Crippen molar-refractivity contribution in [2.75, 3.05) is 32.2 Å². The van der Waals surface area contributed by atoms with Gasteiger partial charge in [-0.3, -0.25) is 4.79 Å². The third-order valence-electron chi connectivity index (χ3n) is 2.29. The Bertz CT molecular complexity index is 425. The maximum absolute atomic E-state index is 10.6. The molecule has 1 atom stereocenters. The van der Waals surface area contributed by atoms with Gasteiger partial charge in [-0.15, -0.1) is 0 Å². The number of amides is 1. The summed E-state index contributed by atoms with van der Waals surface area (Å²) in [5, 5.41) is 20.9. The lowest BCUT2D eigenvalue weighted by atomic mass is 10.2. The van der Waals surface area contributed by atoms with E-state index in [2.05, 4.69) is 5.32 Å². The zero-order valence-electron chi connectivity index (χ0n) is 10.6. The number of methoxy groups -OCH3 is 1. The van der Waals surface area contributed by atoms with E-state index in [0.717, 1.165) is 0 Å². The minimum Gasteiger partial charge on any atom is -0.493 e. The van der Waals surface area contributed by atoms with Gasteiger partial charge in [-0.05, 0) is 12.1 Å². The van der Waals surface area contributed by atoms with Gasteiger partial charge in [0.1, 0.15) is 0 Å². The Balaban J connectivity index is 2.69. The Morgan fingerprint density at radius 2 is 2.21 bits per heavy atom. The summed E-state index contributed by atoms with van der Waals surface area (Å²) < 4.78 is 10.3. The van der Waals surface area contributed by atoms with Gasteiger partial charge in [0, 0.05) is 18.3 Å². The molecule has 0 aromatic heterocycles. The number of primary amides is 1. The smallest absolute Gasteiger partial charge is 0.255 e. The molecule has 0 heterocycles. The molecule has 7 nitrogen and oxygen atoms in total. The SMILES string of the molecule is COc1cc(NCC(O)CO)ccc1OCC(N)=O. The average molecular weight is 270 g/mol. The number of hydrogen-bond donors (Lipinski definition) is 4. The molecule has 5 N–H and O–H groups in total. The third-order valence-corrected chi connectivity index (χ3v) is 2.29. The standard InChI is InChI=1S/C12H18N2O5/c1-18-11-4-8(14-5-9(16)6-15)2-3-10(11)19-7-12(13)17/h2-4,9,14-16H,5-7H2,1H3,(H2,13,17). The zero-order valence-corrected chi connectivity index (χ0v) is 10.6. The van der Waals surface area contributed by atoms with Crippen molar-refractivity contribution in [1.29, 1.82) is 0 Å². The Morgan fingerprint density at radius 1 is 1.47 bits per heavy atom. The maximum atomic E-state index is 10.6. The predicted molar refractivity (Wildman–Crippen MR) is 69.3 cm³/mol. The van der Waals surface area contributed by atoms with Crippen molar-refractivity contribution in [3.63, 3.8) is 0 Å². The van der Waals surface area contributed by atoms with E-state index in [1.807, 2.05) is 0 Å². The Hall–Kier alpha value is -1.99. The van der Waals surface area contributed by atoms with Crippen LogP contribution in [0.4, 0.5) is 5.69 Å². The summed E-state index contributed by atoms with van der Waals surface area (Å²) in [6, 6.07) is 4.97. The van der Waals surface area contributed by atoms with Crippen molar-refractivity contribution in [2.45, 2.75) is 6.10 Å². The van der Waals surface area contributed by atoms with Gasteiger partial charge >= 0.3 is 0 Å². The second-order valence-electron chi connectivity index (χ2n) is 3.84. The number of nitrogens with two attached hydrogens (primary N) is 1. The molecule has 0 aliphatic rings. The van der Waals surface area contributed by atoms with Gasteiger partial charge in [0.2, 0.25) is 0 Å². The fraction of sp³-hybridized carbons (Fsp3) is 0.417. The zero-order chi connectivity index (χ0) is 14.3. The molecule has 0 aliphatic carbocycles. The highest BCUT2D eigenvalue weighted by molar-refractivity contribution is 5.75. The van der Waals surface area contributed by atoms with Crippen LogP contribution in [0.25, 0.3) is 0 Å². The number of rotatable bonds is 8. The van der Waals surface area contributed by atoms with E-state index in [1.54, 1.807) is 18.2 Å². The van der Waals surface area contributed by atoms with Crippen LogP contribution in [0.2, 0.25) is 0 Å². The molecular weight excluding hydrogens is 252 g/mol. The van der Waals surface area contributed by atoms with Crippen LogP contribution < -0.4 is 20.5 Å². The highest BCUT2D eigenvalue weighted by Crippen LogP contribution is 2.30. The van der Waals surface area contributed by atoms with E-state index in [-0.39, 0.29) is 19.8 Å². The first kappa shape index (κ1) is 15.1. The molecule has 0 spiro atoms. The predicted octanol–water partition coefficient (Wildman–Crippen LogP) is -0.676. The summed E-state index contributed by atoms with van der Waals surface area (Å²) in [6.07, 6.45) is -0.836. The minimum atomic E-state index is -0.836. The molecule has 1 rings (SSSR count). The lowest BCUT2D eigenvalue weighted by molar-refractivity contribution is -0.119. The van der Waals surface area contributed by atoms with Gasteiger partial charge in [0.25, 0.3) is 5.91 Å². The van der Waals surface area contributed by atoms with Crippen molar-refractivity contribution in [3.05, 3.63) is 18.2 Å². The highest BCUT2D eigenvalue weighted by atomic mass is 16.5. The summed E-state index contributed by atoms with van der Waals surface area (Å²) in [6.45, 7) is -0.336. The molecule has 19 heavy (non-hydrogen) atoms. The van der Waals surface area contributed by atoms with Crippen LogP contribution >= 0.6 is 0 Å². The molecule has 1 aromatic carbocycles. The van der Waals surface area contributed by atoms with Crippen LogP contribution in [0.1, 0.15) is 0 Å². The molecule has 0 radical (unpaired) electrons. The number of anilines is 1. The maximum Gasteiger partial charge on any atom is 0.255 e. The average Bonchev–Trinajstić information content (AvgIpc) is 2.42. The van der Waals surface area contributed by atoms with Gasteiger partial charge in [-0.1, -0.05) is 0 Å². The highest BCUT2D eigenvalue weighted by Gasteiger charge is 2.08. The number of ether oxygens (including phenoxy) is 2. The number of aliphatic hydroxyl groups excluding tert-OH is 2. The number of carbonyl (C=O) groups is 1. The first-order valence-corrected chi connectivity index (χ1v) is 5.68. The normalized spacial score (nSPS) is 11.7. The molecule has 1 aromatic rings. The largest absolute Gasteiger partial charge is 0.493 e. The molecule has 7 heteroatoms. The van der Waals surface area contributed by atoms with Crippen LogP contribution in [-0.4, -0.2) is 49.1 Å². The fourth-order valence-corrected chi connectivity index (χ4v) is 1.35. The van der Waals surface area contributed by atoms with E-state index < -0.39 is 12.0 Å². The van der Waals surface area contributed by atoms with E-state index in [1.165, 1.54) is 7.11 Å². The second-order valence-corrected chi connectivity index (χ2v) is 3.84. The van der Waals surface area contributed by atoms with Crippen LogP contribution in [0.5, 0.6) is 11.5 Å². The van der Waals surface area contributed by atoms with Gasteiger partial charge < -0.3 is 30.7 Å². The lowest BCUT2D eigenvalue weighted by Crippen LogP contribution is -2.23. The summed E-state index contributed by atoms with van der Waals surface area (Å²) >= 11 is 0. The van der Waals surface area contributed by atoms with Gasteiger partial charge in [0.05, 0.1) is 19.8 Å². The molecular formula is C12H18N2O5. The number of nitrogens with one attached hydrogen (secondary N) is 1.